The van der Waals surface area contributed by atoms with Crippen LogP contribution in [0, 0.1) is 0 Å². The van der Waals surface area contributed by atoms with Gasteiger partial charge < -0.3 is 9.30 Å². The number of alkyl halides is 1. The molecule has 0 radical (unpaired) electrons. The Balaban J connectivity index is 2.17. The molecule has 0 atom stereocenters. The summed E-state index contributed by atoms with van der Waals surface area (Å²) in [5, 5.41) is 1.74. The molecule has 0 fully saturated rings. The highest BCUT2D eigenvalue weighted by molar-refractivity contribution is 9.09. The summed E-state index contributed by atoms with van der Waals surface area (Å²) < 4.78 is 7.48. The third-order valence-corrected chi connectivity index (χ3v) is 4.48. The van der Waals surface area contributed by atoms with Gasteiger partial charge in [0.25, 0.3) is 5.56 Å². The SMILES string of the molecule is Cn1c(=O)/c(=C/c2ccccc2)nc(OCC=CCBr)/c1=C/c1ccccc1. The lowest BCUT2D eigenvalue weighted by Gasteiger charge is -2.08. The van der Waals surface area contributed by atoms with Crippen LogP contribution in [0.2, 0.25) is 0 Å². The largest absolute Gasteiger partial charge is 0.472 e. The molecule has 0 N–H and O–H groups in total. The molecule has 0 saturated carbocycles. The molecule has 0 aliphatic heterocycles. The highest BCUT2D eigenvalue weighted by atomic mass is 79.9. The van der Waals surface area contributed by atoms with Gasteiger partial charge >= 0.3 is 0 Å². The predicted molar refractivity (Wildman–Crippen MR) is 117 cm³/mol. The van der Waals surface area contributed by atoms with E-state index in [1.807, 2.05) is 78.9 Å². The van der Waals surface area contributed by atoms with Gasteiger partial charge in [-0.25, -0.2) is 4.98 Å². The Labute approximate surface area is 172 Å². The summed E-state index contributed by atoms with van der Waals surface area (Å²) in [5.74, 6) is 0.423. The minimum Gasteiger partial charge on any atom is -0.472 e. The van der Waals surface area contributed by atoms with Crippen molar-refractivity contribution in [3.8, 4) is 5.88 Å². The highest BCUT2D eigenvalue weighted by Crippen LogP contribution is 2.02. The van der Waals surface area contributed by atoms with E-state index in [9.17, 15) is 4.79 Å². The van der Waals surface area contributed by atoms with Crippen LogP contribution in [0.4, 0.5) is 0 Å². The zero-order chi connectivity index (χ0) is 19.8. The third-order valence-electron chi connectivity index (χ3n) is 4.10. The second kappa shape index (κ2) is 9.85. The van der Waals surface area contributed by atoms with Crippen molar-refractivity contribution in [1.29, 1.82) is 0 Å². The fourth-order valence-electron chi connectivity index (χ4n) is 2.67. The lowest BCUT2D eigenvalue weighted by Crippen LogP contribution is -2.44. The van der Waals surface area contributed by atoms with E-state index in [1.54, 1.807) is 17.7 Å². The number of ether oxygens (including phenoxy) is 1. The minimum absolute atomic E-state index is 0.172. The van der Waals surface area contributed by atoms with Gasteiger partial charge in [-0.15, -0.1) is 0 Å². The molecule has 3 rings (SSSR count). The number of hydrogen-bond acceptors (Lipinski definition) is 3. The van der Waals surface area contributed by atoms with Crippen LogP contribution in [-0.4, -0.2) is 21.5 Å². The Kier molecular flexibility index (Phi) is 6.98. The highest BCUT2D eigenvalue weighted by Gasteiger charge is 2.07. The summed E-state index contributed by atoms with van der Waals surface area (Å²) >= 11 is 3.35. The summed E-state index contributed by atoms with van der Waals surface area (Å²) in [5.41, 5.74) is 1.71. The number of nitrogens with zero attached hydrogens (tertiary/aromatic N) is 2. The fourth-order valence-corrected chi connectivity index (χ4v) is 2.93. The quantitative estimate of drug-likeness (QED) is 0.440. The van der Waals surface area contributed by atoms with Crippen molar-refractivity contribution >= 4 is 28.1 Å². The van der Waals surface area contributed by atoms with Crippen molar-refractivity contribution < 1.29 is 4.74 Å². The molecule has 0 aliphatic rings. The smallest absolute Gasteiger partial charge is 0.276 e. The Hall–Kier alpha value is -2.92. The molecular formula is C23H21BrN2O2. The second-order valence-corrected chi connectivity index (χ2v) is 6.75. The van der Waals surface area contributed by atoms with E-state index < -0.39 is 0 Å². The van der Waals surface area contributed by atoms with Gasteiger partial charge in [-0.2, -0.15) is 0 Å². The Morgan fingerprint density at radius 3 is 2.18 bits per heavy atom. The van der Waals surface area contributed by atoms with Crippen LogP contribution in [0.15, 0.2) is 77.6 Å². The third kappa shape index (κ3) is 5.08. The van der Waals surface area contributed by atoms with Crippen LogP contribution in [0.3, 0.4) is 0 Å². The maximum Gasteiger partial charge on any atom is 0.276 e. The van der Waals surface area contributed by atoms with Gasteiger partial charge in [0.2, 0.25) is 5.88 Å². The van der Waals surface area contributed by atoms with Crippen LogP contribution in [0.25, 0.3) is 12.2 Å². The van der Waals surface area contributed by atoms with Crippen molar-refractivity contribution in [2.75, 3.05) is 11.9 Å². The predicted octanol–water partition coefficient (Wildman–Crippen LogP) is 2.77. The molecule has 1 aromatic heterocycles. The first kappa shape index (κ1) is 19.8. The first-order chi connectivity index (χ1) is 13.7. The Morgan fingerprint density at radius 1 is 0.964 bits per heavy atom. The lowest BCUT2D eigenvalue weighted by molar-refractivity contribution is 0.338. The number of aromatic nitrogens is 2. The number of rotatable bonds is 6. The molecule has 142 valence electrons. The van der Waals surface area contributed by atoms with Crippen molar-refractivity contribution in [2.45, 2.75) is 0 Å². The molecule has 0 spiro atoms. The summed E-state index contributed by atoms with van der Waals surface area (Å²) in [6, 6.07) is 19.5. The number of halogens is 1. The van der Waals surface area contributed by atoms with E-state index in [0.29, 0.717) is 23.2 Å². The van der Waals surface area contributed by atoms with Crippen molar-refractivity contribution in [3.05, 3.63) is 105 Å². The lowest BCUT2D eigenvalue weighted by atomic mass is 10.2. The molecule has 3 aromatic rings. The van der Waals surface area contributed by atoms with E-state index in [2.05, 4.69) is 20.9 Å². The molecule has 5 heteroatoms. The zero-order valence-electron chi connectivity index (χ0n) is 15.6. The number of benzene rings is 2. The Bertz CT molecular complexity index is 1120. The van der Waals surface area contributed by atoms with Gasteiger partial charge in [-0.3, -0.25) is 4.79 Å². The summed E-state index contributed by atoms with van der Waals surface area (Å²) in [6.07, 6.45) is 7.55. The molecule has 0 unspecified atom stereocenters. The molecular weight excluding hydrogens is 416 g/mol. The molecule has 0 saturated heterocycles. The fraction of sp³-hybridized carbons (Fsp3) is 0.130. The van der Waals surface area contributed by atoms with E-state index >= 15 is 0 Å². The average Bonchev–Trinajstić information content (AvgIpc) is 2.73. The topological polar surface area (TPSA) is 44.1 Å². The molecule has 2 aromatic carbocycles. The summed E-state index contributed by atoms with van der Waals surface area (Å²) in [7, 11) is 1.74. The minimum atomic E-state index is -0.172. The van der Waals surface area contributed by atoms with Crippen LogP contribution < -0.4 is 21.0 Å². The average molecular weight is 437 g/mol. The maximum absolute atomic E-state index is 12.9. The molecule has 0 aliphatic carbocycles. The molecule has 0 bridgehead atoms. The zero-order valence-corrected chi connectivity index (χ0v) is 17.2. The van der Waals surface area contributed by atoms with Gasteiger partial charge in [0.05, 0.1) is 0 Å². The van der Waals surface area contributed by atoms with E-state index in [4.69, 9.17) is 4.74 Å². The van der Waals surface area contributed by atoms with Gasteiger partial charge in [-0.1, -0.05) is 88.7 Å². The van der Waals surface area contributed by atoms with Crippen LogP contribution in [0.1, 0.15) is 11.1 Å². The van der Waals surface area contributed by atoms with E-state index in [-0.39, 0.29) is 5.56 Å². The molecule has 1 heterocycles. The summed E-state index contributed by atoms with van der Waals surface area (Å²) in [4.78, 5) is 17.4. The number of hydrogen-bond donors (Lipinski definition) is 0. The van der Waals surface area contributed by atoms with Crippen LogP contribution >= 0.6 is 15.9 Å². The maximum atomic E-state index is 12.9. The van der Waals surface area contributed by atoms with Crippen LogP contribution in [-0.2, 0) is 7.05 Å². The second-order valence-electron chi connectivity index (χ2n) is 6.10. The van der Waals surface area contributed by atoms with Crippen LogP contribution in [0.5, 0.6) is 5.88 Å². The van der Waals surface area contributed by atoms with Crippen molar-refractivity contribution in [3.63, 3.8) is 0 Å². The van der Waals surface area contributed by atoms with Gasteiger partial charge in [-0.05, 0) is 23.3 Å². The standard InChI is InChI=1S/C23H21BrN2O2/c1-26-21(17-19-12-6-3-7-13-19)22(28-15-9-8-14-24)25-20(23(26)27)16-18-10-4-2-5-11-18/h2-13,16-17H,14-15H2,1H3/b9-8?,20-16-,21-17-. The normalized spacial score (nSPS) is 12.6. The van der Waals surface area contributed by atoms with E-state index in [0.717, 1.165) is 16.5 Å². The van der Waals surface area contributed by atoms with E-state index in [1.165, 1.54) is 0 Å². The Morgan fingerprint density at radius 2 is 1.57 bits per heavy atom. The van der Waals surface area contributed by atoms with Gasteiger partial charge in [0, 0.05) is 12.4 Å². The van der Waals surface area contributed by atoms with Gasteiger partial charge in [0.1, 0.15) is 17.3 Å². The van der Waals surface area contributed by atoms with Crippen molar-refractivity contribution in [2.24, 2.45) is 7.05 Å². The first-order valence-electron chi connectivity index (χ1n) is 8.93. The first-order valence-corrected chi connectivity index (χ1v) is 10.1. The molecule has 0 amide bonds. The van der Waals surface area contributed by atoms with Crippen molar-refractivity contribution in [1.82, 2.24) is 9.55 Å². The van der Waals surface area contributed by atoms with Gasteiger partial charge in [0.15, 0.2) is 0 Å². The molecule has 4 nitrogen and oxygen atoms in total. The summed E-state index contributed by atoms with van der Waals surface area (Å²) in [6.45, 7) is 0.372. The molecule has 28 heavy (non-hydrogen) atoms. The monoisotopic (exact) mass is 436 g/mol. The number of allylic oxidation sites excluding steroid dienone is 1.